The quantitative estimate of drug-likeness (QED) is 0.776. The number of benzene rings is 1. The van der Waals surface area contributed by atoms with Gasteiger partial charge in [-0.3, -0.25) is 0 Å². The van der Waals surface area contributed by atoms with Crippen LogP contribution in [0.25, 0.3) is 0 Å². The van der Waals surface area contributed by atoms with E-state index in [4.69, 9.17) is 4.74 Å². The third kappa shape index (κ3) is 4.63. The Morgan fingerprint density at radius 1 is 1.15 bits per heavy atom. The van der Waals surface area contributed by atoms with Gasteiger partial charge in [0.1, 0.15) is 6.10 Å². The summed E-state index contributed by atoms with van der Waals surface area (Å²) in [6, 6.07) is 5.24. The minimum atomic E-state index is -0.935. The van der Waals surface area contributed by atoms with Gasteiger partial charge in [-0.25, -0.2) is 9.59 Å². The second-order valence-corrected chi connectivity index (χ2v) is 9.13. The third-order valence-electron chi connectivity index (χ3n) is 5.45. The lowest BCUT2D eigenvalue weighted by atomic mass is 9.68. The molecule has 150 valence electrons. The van der Waals surface area contributed by atoms with Gasteiger partial charge in [0.15, 0.2) is 0 Å². The minimum absolute atomic E-state index is 0.0331. The van der Waals surface area contributed by atoms with E-state index in [9.17, 15) is 14.7 Å². The van der Waals surface area contributed by atoms with E-state index in [2.05, 4.69) is 20.8 Å². The summed E-state index contributed by atoms with van der Waals surface area (Å²) in [6.45, 7) is 14.4. The molecule has 1 amide bonds. The second kappa shape index (κ2) is 7.91. The molecule has 2 atom stereocenters. The first-order chi connectivity index (χ1) is 12.4. The highest BCUT2D eigenvalue weighted by molar-refractivity contribution is 5.88. The lowest BCUT2D eigenvalue weighted by molar-refractivity contribution is -0.0163. The number of rotatable bonds is 4. The normalized spacial score (nSPS) is 19.7. The summed E-state index contributed by atoms with van der Waals surface area (Å²) >= 11 is 0. The monoisotopic (exact) mass is 375 g/mol. The van der Waals surface area contributed by atoms with Crippen molar-refractivity contribution in [2.45, 2.75) is 79.5 Å². The molecule has 0 radical (unpaired) electrons. The standard InChI is InChI=1S/C22H33NO4/c1-13(2)23(14(3)4)21(26)27-19-17-10-8-16(20(24)25)12-15(17)9-11-18(19)22(5,6)7/h8,10,12-14,18-19H,9,11H2,1-7H3,(H,24,25)/t18-,19+/m0/s1. The molecule has 0 bridgehead atoms. The number of aromatic carboxylic acids is 1. The molecule has 27 heavy (non-hydrogen) atoms. The summed E-state index contributed by atoms with van der Waals surface area (Å²) in [5.74, 6) is -0.763. The van der Waals surface area contributed by atoms with Crippen LogP contribution in [0.1, 0.15) is 82.5 Å². The van der Waals surface area contributed by atoms with Crippen LogP contribution >= 0.6 is 0 Å². The van der Waals surface area contributed by atoms with Crippen molar-refractivity contribution < 1.29 is 19.4 Å². The van der Waals surface area contributed by atoms with Crippen LogP contribution < -0.4 is 0 Å². The number of hydrogen-bond acceptors (Lipinski definition) is 3. The Morgan fingerprint density at radius 2 is 1.74 bits per heavy atom. The molecule has 0 unspecified atom stereocenters. The maximum atomic E-state index is 13.0. The second-order valence-electron chi connectivity index (χ2n) is 9.13. The lowest BCUT2D eigenvalue weighted by Gasteiger charge is -2.42. The van der Waals surface area contributed by atoms with Crippen LogP contribution in [0, 0.1) is 11.3 Å². The third-order valence-corrected chi connectivity index (χ3v) is 5.45. The number of amides is 1. The molecule has 5 heteroatoms. The van der Waals surface area contributed by atoms with Gasteiger partial charge in [-0.2, -0.15) is 0 Å². The molecule has 0 spiro atoms. The number of fused-ring (bicyclic) bond motifs is 1. The van der Waals surface area contributed by atoms with Crippen molar-refractivity contribution in [3.8, 4) is 0 Å². The maximum absolute atomic E-state index is 13.0. The van der Waals surface area contributed by atoms with Crippen molar-refractivity contribution in [2.75, 3.05) is 0 Å². The molecule has 0 aromatic heterocycles. The van der Waals surface area contributed by atoms with Gasteiger partial charge in [0.25, 0.3) is 0 Å². The van der Waals surface area contributed by atoms with Crippen LogP contribution in [-0.4, -0.2) is 34.2 Å². The van der Waals surface area contributed by atoms with Crippen molar-refractivity contribution in [2.24, 2.45) is 11.3 Å². The Labute approximate surface area is 162 Å². The molecule has 1 aromatic carbocycles. The van der Waals surface area contributed by atoms with Gasteiger partial charge < -0.3 is 14.7 Å². The Bertz CT molecular complexity index is 695. The summed E-state index contributed by atoms with van der Waals surface area (Å²) in [4.78, 5) is 26.0. The summed E-state index contributed by atoms with van der Waals surface area (Å²) < 4.78 is 6.08. The number of carboxylic acid groups (broad SMARTS) is 1. The van der Waals surface area contributed by atoms with Gasteiger partial charge in [-0.15, -0.1) is 0 Å². The van der Waals surface area contributed by atoms with E-state index in [0.29, 0.717) is 0 Å². The zero-order valence-electron chi connectivity index (χ0n) is 17.6. The number of aryl methyl sites for hydroxylation is 1. The van der Waals surface area contributed by atoms with Crippen LogP contribution in [0.15, 0.2) is 18.2 Å². The summed E-state index contributed by atoms with van der Waals surface area (Å²) in [7, 11) is 0. The predicted molar refractivity (Wildman–Crippen MR) is 106 cm³/mol. The number of carboxylic acids is 1. The fourth-order valence-electron chi connectivity index (χ4n) is 4.13. The SMILES string of the molecule is CC(C)N(C(=O)O[C@@H]1c2ccc(C(=O)O)cc2CC[C@@H]1C(C)(C)C)C(C)C. The first kappa shape index (κ1) is 21.3. The fraction of sp³-hybridized carbons (Fsp3) is 0.636. The highest BCUT2D eigenvalue weighted by atomic mass is 16.6. The van der Waals surface area contributed by atoms with Crippen LogP contribution in [0.4, 0.5) is 4.79 Å². The molecule has 1 aliphatic rings. The van der Waals surface area contributed by atoms with Gasteiger partial charge in [-0.1, -0.05) is 26.8 Å². The Balaban J connectivity index is 2.42. The van der Waals surface area contributed by atoms with Crippen molar-refractivity contribution in [3.05, 3.63) is 34.9 Å². The summed E-state index contributed by atoms with van der Waals surface area (Å²) in [5, 5.41) is 9.28. The number of carbonyl (C=O) groups excluding carboxylic acids is 1. The molecule has 0 saturated carbocycles. The van der Waals surface area contributed by atoms with Crippen LogP contribution in [0.5, 0.6) is 0 Å². The lowest BCUT2D eigenvalue weighted by Crippen LogP contribution is -2.44. The number of hydrogen-bond donors (Lipinski definition) is 1. The highest BCUT2D eigenvalue weighted by Gasteiger charge is 2.40. The van der Waals surface area contributed by atoms with Crippen LogP contribution in [-0.2, 0) is 11.2 Å². The fourth-order valence-corrected chi connectivity index (χ4v) is 4.13. The van der Waals surface area contributed by atoms with Crippen LogP contribution in [0.2, 0.25) is 0 Å². The zero-order valence-corrected chi connectivity index (χ0v) is 17.6. The molecular weight excluding hydrogens is 342 g/mol. The van der Waals surface area contributed by atoms with Crippen LogP contribution in [0.3, 0.4) is 0 Å². The molecule has 2 rings (SSSR count). The summed E-state index contributed by atoms with van der Waals surface area (Å²) in [5.41, 5.74) is 2.15. The van der Waals surface area contributed by atoms with E-state index >= 15 is 0 Å². The Morgan fingerprint density at radius 3 is 2.22 bits per heavy atom. The Kier molecular flexibility index (Phi) is 6.23. The van der Waals surface area contributed by atoms with Gasteiger partial charge in [0, 0.05) is 18.0 Å². The van der Waals surface area contributed by atoms with Crippen molar-refractivity contribution >= 4 is 12.1 Å². The maximum Gasteiger partial charge on any atom is 0.410 e. The Hall–Kier alpha value is -2.04. The largest absolute Gasteiger partial charge is 0.478 e. The zero-order chi connectivity index (χ0) is 20.5. The van der Waals surface area contributed by atoms with Gasteiger partial charge >= 0.3 is 12.1 Å². The molecule has 0 fully saturated rings. The minimum Gasteiger partial charge on any atom is -0.478 e. The molecule has 0 heterocycles. The highest BCUT2D eigenvalue weighted by Crippen LogP contribution is 2.46. The molecule has 5 nitrogen and oxygen atoms in total. The molecule has 0 aliphatic heterocycles. The van der Waals surface area contributed by atoms with Crippen molar-refractivity contribution in [3.63, 3.8) is 0 Å². The molecule has 1 N–H and O–H groups in total. The van der Waals surface area contributed by atoms with Crippen molar-refractivity contribution in [1.82, 2.24) is 4.90 Å². The van der Waals surface area contributed by atoms with E-state index < -0.39 is 5.97 Å². The molecule has 0 saturated heterocycles. The summed E-state index contributed by atoms with van der Waals surface area (Å²) in [6.07, 6.45) is 0.976. The average Bonchev–Trinajstić information content (AvgIpc) is 2.52. The molecule has 1 aromatic rings. The topological polar surface area (TPSA) is 66.8 Å². The smallest absolute Gasteiger partial charge is 0.410 e. The predicted octanol–water partition coefficient (Wildman–Crippen LogP) is 5.29. The van der Waals surface area contributed by atoms with E-state index in [1.807, 2.05) is 33.8 Å². The van der Waals surface area contributed by atoms with E-state index in [1.54, 1.807) is 17.0 Å². The van der Waals surface area contributed by atoms with E-state index in [0.717, 1.165) is 24.0 Å². The van der Waals surface area contributed by atoms with Gasteiger partial charge in [0.05, 0.1) is 5.56 Å². The van der Waals surface area contributed by atoms with Gasteiger partial charge in [-0.05, 0) is 69.2 Å². The molecule has 1 aliphatic carbocycles. The van der Waals surface area contributed by atoms with E-state index in [-0.39, 0.29) is 41.2 Å². The van der Waals surface area contributed by atoms with Crippen molar-refractivity contribution in [1.29, 1.82) is 0 Å². The number of carbonyl (C=O) groups is 2. The number of nitrogens with zero attached hydrogens (tertiary/aromatic N) is 1. The first-order valence-electron chi connectivity index (χ1n) is 9.78. The van der Waals surface area contributed by atoms with Gasteiger partial charge in [0.2, 0.25) is 0 Å². The molecular formula is C22H33NO4. The van der Waals surface area contributed by atoms with E-state index in [1.165, 1.54) is 0 Å². The number of ether oxygens (including phenoxy) is 1. The average molecular weight is 376 g/mol. The first-order valence-corrected chi connectivity index (χ1v) is 9.78.